The van der Waals surface area contributed by atoms with E-state index in [-0.39, 0.29) is 5.60 Å². The maximum atomic E-state index is 5.75. The molecule has 0 amide bonds. The van der Waals surface area contributed by atoms with E-state index in [9.17, 15) is 0 Å². The van der Waals surface area contributed by atoms with Crippen LogP contribution >= 0.6 is 0 Å². The van der Waals surface area contributed by atoms with Crippen LogP contribution in [0, 0.1) is 5.92 Å². The van der Waals surface area contributed by atoms with Gasteiger partial charge in [-0.15, -0.1) is 0 Å². The monoisotopic (exact) mass is 351 g/mol. The summed E-state index contributed by atoms with van der Waals surface area (Å²) in [6.07, 6.45) is 5.03. The zero-order chi connectivity index (χ0) is 18.4. The van der Waals surface area contributed by atoms with Crippen molar-refractivity contribution in [1.29, 1.82) is 0 Å². The van der Waals surface area contributed by atoms with Crippen molar-refractivity contribution >= 4 is 0 Å². The van der Waals surface area contributed by atoms with Crippen molar-refractivity contribution in [3.8, 4) is 0 Å². The van der Waals surface area contributed by atoms with Crippen molar-refractivity contribution < 1.29 is 4.74 Å². The molecular weight excluding hydrogens is 318 g/mol. The van der Waals surface area contributed by atoms with Crippen molar-refractivity contribution in [2.24, 2.45) is 5.92 Å². The van der Waals surface area contributed by atoms with Crippen molar-refractivity contribution in [3.05, 3.63) is 71.8 Å². The first kappa shape index (κ1) is 19.1. The molecule has 0 unspecified atom stereocenters. The normalized spacial score (nSPS) is 21.1. The number of nitrogens with zero attached hydrogens (tertiary/aromatic N) is 1. The molecule has 2 aromatic rings. The van der Waals surface area contributed by atoms with Gasteiger partial charge in [0.15, 0.2) is 0 Å². The largest absolute Gasteiger partial charge is 0.379 e. The van der Waals surface area contributed by atoms with Gasteiger partial charge in [-0.25, -0.2) is 0 Å². The molecule has 3 rings (SSSR count). The zero-order valence-electron chi connectivity index (χ0n) is 16.5. The minimum atomic E-state index is -0.00530. The van der Waals surface area contributed by atoms with Gasteiger partial charge in [-0.2, -0.15) is 0 Å². The van der Waals surface area contributed by atoms with E-state index in [0.29, 0.717) is 12.0 Å². The van der Waals surface area contributed by atoms with Gasteiger partial charge in [0.05, 0.1) is 5.60 Å². The number of benzene rings is 2. The molecule has 1 aliphatic rings. The van der Waals surface area contributed by atoms with Crippen molar-refractivity contribution in [1.82, 2.24) is 4.90 Å². The molecule has 0 heterocycles. The van der Waals surface area contributed by atoms with Crippen LogP contribution in [-0.4, -0.2) is 23.7 Å². The second-order valence-corrected chi connectivity index (χ2v) is 8.19. The molecule has 0 aliphatic heterocycles. The smallest absolute Gasteiger partial charge is 0.0650 e. The average molecular weight is 352 g/mol. The lowest BCUT2D eigenvalue weighted by molar-refractivity contribution is -0.0489. The minimum Gasteiger partial charge on any atom is -0.379 e. The van der Waals surface area contributed by atoms with Crippen LogP contribution in [0.25, 0.3) is 0 Å². The van der Waals surface area contributed by atoms with Gasteiger partial charge in [0.1, 0.15) is 0 Å². The van der Waals surface area contributed by atoms with Crippen molar-refractivity contribution in [2.75, 3.05) is 7.11 Å². The molecule has 1 saturated carbocycles. The van der Waals surface area contributed by atoms with Crippen LogP contribution in [0.4, 0.5) is 0 Å². The molecule has 2 heteroatoms. The van der Waals surface area contributed by atoms with E-state index in [2.05, 4.69) is 79.4 Å². The number of rotatable bonds is 7. The molecule has 0 aromatic heterocycles. The molecule has 0 spiro atoms. The summed E-state index contributed by atoms with van der Waals surface area (Å²) in [5.41, 5.74) is 2.81. The third kappa shape index (κ3) is 4.96. The minimum absolute atomic E-state index is 0.00530. The van der Waals surface area contributed by atoms with Gasteiger partial charge in [-0.3, -0.25) is 4.90 Å². The molecule has 1 aliphatic carbocycles. The van der Waals surface area contributed by atoms with E-state index < -0.39 is 0 Å². The highest BCUT2D eigenvalue weighted by atomic mass is 16.5. The first-order valence-electron chi connectivity index (χ1n) is 9.95. The number of methoxy groups -OCH3 is 1. The fourth-order valence-electron chi connectivity index (χ4n) is 4.25. The summed E-state index contributed by atoms with van der Waals surface area (Å²) in [6.45, 7) is 6.53. The van der Waals surface area contributed by atoms with E-state index in [1.807, 2.05) is 7.11 Å². The summed E-state index contributed by atoms with van der Waals surface area (Å²) in [4.78, 5) is 2.68. The van der Waals surface area contributed by atoms with E-state index in [1.165, 1.54) is 36.8 Å². The van der Waals surface area contributed by atoms with Crippen LogP contribution in [0.5, 0.6) is 0 Å². The number of hydrogen-bond acceptors (Lipinski definition) is 2. The Hall–Kier alpha value is -1.64. The van der Waals surface area contributed by atoms with E-state index in [0.717, 1.165) is 13.1 Å². The lowest BCUT2D eigenvalue weighted by Crippen LogP contribution is -2.42. The van der Waals surface area contributed by atoms with Crippen molar-refractivity contribution in [2.45, 2.75) is 64.3 Å². The molecule has 0 bridgehead atoms. The quantitative estimate of drug-likeness (QED) is 0.637. The lowest BCUT2D eigenvalue weighted by atomic mass is 9.76. The predicted molar refractivity (Wildman–Crippen MR) is 109 cm³/mol. The summed E-state index contributed by atoms with van der Waals surface area (Å²) >= 11 is 0. The Morgan fingerprint density at radius 2 is 1.27 bits per heavy atom. The molecule has 0 saturated heterocycles. The summed E-state index contributed by atoms with van der Waals surface area (Å²) in [7, 11) is 1.85. The average Bonchev–Trinajstić information content (AvgIpc) is 2.69. The fourth-order valence-corrected chi connectivity index (χ4v) is 4.25. The highest BCUT2D eigenvalue weighted by Gasteiger charge is 2.34. The molecule has 0 N–H and O–H groups in total. The Kier molecular flexibility index (Phi) is 6.50. The van der Waals surface area contributed by atoms with Gasteiger partial charge in [0.2, 0.25) is 0 Å². The van der Waals surface area contributed by atoms with Gasteiger partial charge in [-0.05, 0) is 56.6 Å². The first-order valence-corrected chi connectivity index (χ1v) is 9.95. The second-order valence-electron chi connectivity index (χ2n) is 8.19. The Balaban J connectivity index is 1.69. The van der Waals surface area contributed by atoms with E-state index >= 15 is 0 Å². The molecule has 0 atom stereocenters. The second kappa shape index (κ2) is 8.83. The molecule has 1 fully saturated rings. The van der Waals surface area contributed by atoms with Crippen molar-refractivity contribution in [3.63, 3.8) is 0 Å². The third-order valence-corrected chi connectivity index (χ3v) is 6.18. The van der Waals surface area contributed by atoms with Gasteiger partial charge in [0, 0.05) is 26.2 Å². The van der Waals surface area contributed by atoms with Crippen LogP contribution in [0.1, 0.15) is 50.7 Å². The molecule has 2 aromatic carbocycles. The highest BCUT2D eigenvalue weighted by molar-refractivity contribution is 5.17. The Bertz CT molecular complexity index is 603. The SMILES string of the molecule is COC(C)(C)[C@H]1CC[C@H](N(Cc2ccccc2)Cc2ccccc2)CC1. The zero-order valence-corrected chi connectivity index (χ0v) is 16.5. The Morgan fingerprint density at radius 1 is 0.808 bits per heavy atom. The topological polar surface area (TPSA) is 12.5 Å². The molecular formula is C24H33NO. The maximum Gasteiger partial charge on any atom is 0.0650 e. The van der Waals surface area contributed by atoms with Gasteiger partial charge >= 0.3 is 0 Å². The maximum absolute atomic E-state index is 5.75. The third-order valence-electron chi connectivity index (χ3n) is 6.18. The summed E-state index contributed by atoms with van der Waals surface area (Å²) in [5.74, 6) is 0.666. The van der Waals surface area contributed by atoms with Crippen LogP contribution < -0.4 is 0 Å². The Morgan fingerprint density at radius 3 is 1.69 bits per heavy atom. The van der Waals surface area contributed by atoms with Gasteiger partial charge in [-0.1, -0.05) is 60.7 Å². The molecule has 2 nitrogen and oxygen atoms in total. The highest BCUT2D eigenvalue weighted by Crippen LogP contribution is 2.36. The summed E-state index contributed by atoms with van der Waals surface area (Å²) in [6, 6.07) is 22.4. The fraction of sp³-hybridized carbons (Fsp3) is 0.500. The number of ether oxygens (including phenoxy) is 1. The van der Waals surface area contributed by atoms with Crippen LogP contribution in [-0.2, 0) is 17.8 Å². The summed E-state index contributed by atoms with van der Waals surface area (Å²) < 4.78 is 5.75. The standard InChI is InChI=1S/C24H33NO/c1-24(2,26-3)22-14-16-23(17-15-22)25(18-20-10-6-4-7-11-20)19-21-12-8-5-9-13-21/h4-13,22-23H,14-19H2,1-3H3/t22-,23-. The molecule has 140 valence electrons. The van der Waals surface area contributed by atoms with E-state index in [4.69, 9.17) is 4.74 Å². The summed E-state index contributed by atoms with van der Waals surface area (Å²) in [5, 5.41) is 0. The number of hydrogen-bond donors (Lipinski definition) is 0. The van der Waals surface area contributed by atoms with Crippen LogP contribution in [0.2, 0.25) is 0 Å². The lowest BCUT2D eigenvalue weighted by Gasteiger charge is -2.42. The molecule has 26 heavy (non-hydrogen) atoms. The predicted octanol–water partition coefficient (Wildman–Crippen LogP) is 5.67. The van der Waals surface area contributed by atoms with Gasteiger partial charge < -0.3 is 4.74 Å². The van der Waals surface area contributed by atoms with Gasteiger partial charge in [0.25, 0.3) is 0 Å². The van der Waals surface area contributed by atoms with Crippen LogP contribution in [0.15, 0.2) is 60.7 Å². The van der Waals surface area contributed by atoms with Crippen LogP contribution in [0.3, 0.4) is 0 Å². The Labute approximate surface area is 159 Å². The first-order chi connectivity index (χ1) is 12.6. The molecule has 0 radical (unpaired) electrons. The van der Waals surface area contributed by atoms with E-state index in [1.54, 1.807) is 0 Å².